The van der Waals surface area contributed by atoms with Crippen molar-refractivity contribution in [3.63, 3.8) is 0 Å². The quantitative estimate of drug-likeness (QED) is 0.461. The van der Waals surface area contributed by atoms with Gasteiger partial charge in [-0.2, -0.15) is 0 Å². The normalized spacial score (nSPS) is 12.9. The molecule has 0 aliphatic heterocycles. The number of nitrogens with zero attached hydrogens (tertiary/aromatic N) is 2. The number of benzene rings is 2. The van der Waals surface area contributed by atoms with Gasteiger partial charge in [0.2, 0.25) is 5.89 Å². The van der Waals surface area contributed by atoms with Gasteiger partial charge in [0.15, 0.2) is 0 Å². The molecule has 0 spiro atoms. The third-order valence-corrected chi connectivity index (χ3v) is 6.10. The van der Waals surface area contributed by atoms with Crippen LogP contribution in [0.15, 0.2) is 63.9 Å². The summed E-state index contributed by atoms with van der Waals surface area (Å²) in [5, 5.41) is 16.5. The van der Waals surface area contributed by atoms with E-state index in [9.17, 15) is 13.2 Å². The smallest absolute Gasteiger partial charge is 0.329 e. The van der Waals surface area contributed by atoms with E-state index < -0.39 is 16.0 Å². The zero-order chi connectivity index (χ0) is 23.3. The summed E-state index contributed by atoms with van der Waals surface area (Å²) in [4.78, 5) is 10.6. The lowest BCUT2D eigenvalue weighted by Gasteiger charge is -2.10. The van der Waals surface area contributed by atoms with Crippen LogP contribution in [0, 0.1) is 5.92 Å². The molecular weight excluding hydrogens is 430 g/mol. The Morgan fingerprint density at radius 1 is 1.06 bits per heavy atom. The standard InChI is InChI=1S/C23H25N3O5S/c1-15(2)14-18-4-9-19(10-5-18)16(3)22-24-25-23(31-22)26-32(29,30)20-11-6-17(7-12-20)8-13-21(27)28/h4-13,15-16H,14H2,1-3H3,(H,25,26)(H,27,28)/b13-8+. The molecule has 0 amide bonds. The molecule has 3 aromatic rings. The van der Waals surface area contributed by atoms with E-state index in [1.807, 2.05) is 19.1 Å². The minimum atomic E-state index is -3.94. The van der Waals surface area contributed by atoms with Gasteiger partial charge in [-0.25, -0.2) is 17.9 Å². The molecule has 168 valence electrons. The molecule has 2 N–H and O–H groups in total. The van der Waals surface area contributed by atoms with Crippen LogP contribution in [-0.4, -0.2) is 29.7 Å². The molecule has 1 aromatic heterocycles. The number of carboxylic acids is 1. The van der Waals surface area contributed by atoms with Crippen LogP contribution >= 0.6 is 0 Å². The largest absolute Gasteiger partial charge is 0.478 e. The fourth-order valence-corrected chi connectivity index (χ4v) is 4.03. The molecule has 0 aliphatic carbocycles. The second-order valence-corrected chi connectivity index (χ2v) is 9.54. The SMILES string of the molecule is CC(C)Cc1ccc(C(C)c2nnc(NS(=O)(=O)c3ccc(/C=C/C(=O)O)cc3)o2)cc1. The first-order chi connectivity index (χ1) is 15.1. The average Bonchev–Trinajstić information content (AvgIpc) is 3.20. The highest BCUT2D eigenvalue weighted by molar-refractivity contribution is 7.92. The van der Waals surface area contributed by atoms with Crippen molar-refractivity contribution in [1.82, 2.24) is 10.2 Å². The summed E-state index contributed by atoms with van der Waals surface area (Å²) in [6.07, 6.45) is 3.34. The molecule has 9 heteroatoms. The van der Waals surface area contributed by atoms with Gasteiger partial charge in [0.1, 0.15) is 0 Å². The topological polar surface area (TPSA) is 122 Å². The van der Waals surface area contributed by atoms with Crippen molar-refractivity contribution in [2.24, 2.45) is 5.92 Å². The molecule has 2 aromatic carbocycles. The Kier molecular flexibility index (Phi) is 7.09. The monoisotopic (exact) mass is 455 g/mol. The van der Waals surface area contributed by atoms with E-state index in [1.165, 1.54) is 35.9 Å². The first-order valence-corrected chi connectivity index (χ1v) is 11.6. The lowest BCUT2D eigenvalue weighted by Crippen LogP contribution is -2.13. The molecule has 0 aliphatic rings. The van der Waals surface area contributed by atoms with Gasteiger partial charge in [-0.15, -0.1) is 5.10 Å². The number of anilines is 1. The number of rotatable bonds is 9. The third kappa shape index (κ3) is 6.04. The Morgan fingerprint density at radius 2 is 1.72 bits per heavy atom. The maximum atomic E-state index is 12.6. The zero-order valence-corrected chi connectivity index (χ0v) is 18.8. The molecule has 32 heavy (non-hydrogen) atoms. The van der Waals surface area contributed by atoms with Gasteiger partial charge in [-0.05, 0) is 54.2 Å². The summed E-state index contributed by atoms with van der Waals surface area (Å²) in [6.45, 7) is 6.25. The Balaban J connectivity index is 1.70. The van der Waals surface area contributed by atoms with Crippen molar-refractivity contribution in [2.75, 3.05) is 4.72 Å². The highest BCUT2D eigenvalue weighted by atomic mass is 32.2. The highest BCUT2D eigenvalue weighted by Gasteiger charge is 2.21. The van der Waals surface area contributed by atoms with Crippen molar-refractivity contribution in [1.29, 1.82) is 0 Å². The number of hydrogen-bond donors (Lipinski definition) is 2. The van der Waals surface area contributed by atoms with E-state index in [1.54, 1.807) is 0 Å². The lowest BCUT2D eigenvalue weighted by atomic mass is 9.97. The molecule has 1 unspecified atom stereocenters. The molecule has 0 saturated heterocycles. The van der Waals surface area contributed by atoms with Gasteiger partial charge in [-0.1, -0.05) is 55.3 Å². The molecule has 3 rings (SSSR count). The Morgan fingerprint density at radius 3 is 2.31 bits per heavy atom. The number of carboxylic acid groups (broad SMARTS) is 1. The van der Waals surface area contributed by atoms with Crippen molar-refractivity contribution in [3.8, 4) is 0 Å². The second kappa shape index (κ2) is 9.78. The van der Waals surface area contributed by atoms with E-state index in [2.05, 4.69) is 40.9 Å². The summed E-state index contributed by atoms with van der Waals surface area (Å²) >= 11 is 0. The summed E-state index contributed by atoms with van der Waals surface area (Å²) in [7, 11) is -3.94. The summed E-state index contributed by atoms with van der Waals surface area (Å²) < 4.78 is 33.0. The number of carbonyl (C=O) groups is 1. The number of aliphatic carboxylic acids is 1. The molecular formula is C23H25N3O5S. The first-order valence-electron chi connectivity index (χ1n) is 10.1. The van der Waals surface area contributed by atoms with E-state index >= 15 is 0 Å². The number of aromatic nitrogens is 2. The lowest BCUT2D eigenvalue weighted by molar-refractivity contribution is -0.131. The zero-order valence-electron chi connectivity index (χ0n) is 18.0. The molecule has 0 fully saturated rings. The van der Waals surface area contributed by atoms with Crippen molar-refractivity contribution in [3.05, 3.63) is 77.2 Å². The van der Waals surface area contributed by atoms with Crippen LogP contribution in [0.5, 0.6) is 0 Å². The highest BCUT2D eigenvalue weighted by Crippen LogP contribution is 2.26. The maximum Gasteiger partial charge on any atom is 0.329 e. The van der Waals surface area contributed by atoms with Crippen LogP contribution in [0.1, 0.15) is 49.3 Å². The Bertz CT molecular complexity index is 1200. The van der Waals surface area contributed by atoms with Crippen LogP contribution in [0.2, 0.25) is 0 Å². The van der Waals surface area contributed by atoms with E-state index in [0.29, 0.717) is 17.4 Å². The molecule has 0 bridgehead atoms. The molecule has 0 radical (unpaired) electrons. The van der Waals surface area contributed by atoms with E-state index in [4.69, 9.17) is 9.52 Å². The number of nitrogens with one attached hydrogen (secondary N) is 1. The maximum absolute atomic E-state index is 12.6. The van der Waals surface area contributed by atoms with Gasteiger partial charge in [0.05, 0.1) is 10.8 Å². The van der Waals surface area contributed by atoms with Crippen LogP contribution in [-0.2, 0) is 21.2 Å². The number of hydrogen-bond acceptors (Lipinski definition) is 6. The van der Waals surface area contributed by atoms with Gasteiger partial charge in [0.25, 0.3) is 10.0 Å². The molecule has 0 saturated carbocycles. The van der Waals surface area contributed by atoms with Gasteiger partial charge < -0.3 is 9.52 Å². The van der Waals surface area contributed by atoms with Crippen LogP contribution in [0.3, 0.4) is 0 Å². The van der Waals surface area contributed by atoms with Gasteiger partial charge in [0, 0.05) is 6.08 Å². The minimum absolute atomic E-state index is 0.0153. The van der Waals surface area contributed by atoms with Crippen molar-refractivity contribution in [2.45, 2.75) is 38.0 Å². The Hall–Kier alpha value is -3.46. The van der Waals surface area contributed by atoms with Crippen LogP contribution in [0.4, 0.5) is 6.01 Å². The fraction of sp³-hybridized carbons (Fsp3) is 0.261. The molecule has 1 atom stereocenters. The van der Waals surface area contributed by atoms with Crippen molar-refractivity contribution >= 4 is 28.1 Å². The van der Waals surface area contributed by atoms with Crippen LogP contribution < -0.4 is 4.72 Å². The van der Waals surface area contributed by atoms with Crippen LogP contribution in [0.25, 0.3) is 6.08 Å². The van der Waals surface area contributed by atoms with Gasteiger partial charge in [-0.3, -0.25) is 0 Å². The molecule has 8 nitrogen and oxygen atoms in total. The number of sulfonamides is 1. The van der Waals surface area contributed by atoms with E-state index in [-0.39, 0.29) is 16.8 Å². The Labute approximate surface area is 187 Å². The second-order valence-electron chi connectivity index (χ2n) is 7.85. The van der Waals surface area contributed by atoms with Crippen molar-refractivity contribution < 1.29 is 22.7 Å². The summed E-state index contributed by atoms with van der Waals surface area (Å²) in [5.74, 6) is -0.416. The minimum Gasteiger partial charge on any atom is -0.478 e. The molecule has 1 heterocycles. The average molecular weight is 456 g/mol. The van der Waals surface area contributed by atoms with Gasteiger partial charge >= 0.3 is 12.0 Å². The summed E-state index contributed by atoms with van der Waals surface area (Å²) in [6, 6.07) is 13.7. The first kappa shape index (κ1) is 23.2. The third-order valence-electron chi connectivity index (χ3n) is 4.77. The predicted molar refractivity (Wildman–Crippen MR) is 121 cm³/mol. The van der Waals surface area contributed by atoms with E-state index in [0.717, 1.165) is 18.1 Å². The summed E-state index contributed by atoms with van der Waals surface area (Å²) in [5.41, 5.74) is 2.79. The fourth-order valence-electron chi connectivity index (χ4n) is 3.11. The predicted octanol–water partition coefficient (Wildman–Crippen LogP) is 4.32.